The van der Waals surface area contributed by atoms with Crippen LogP contribution < -0.4 is 5.32 Å². The van der Waals surface area contributed by atoms with Gasteiger partial charge in [0, 0.05) is 25.7 Å². The van der Waals surface area contributed by atoms with Crippen molar-refractivity contribution < 1.29 is 0 Å². The van der Waals surface area contributed by atoms with Gasteiger partial charge in [-0.3, -0.25) is 4.98 Å². The van der Waals surface area contributed by atoms with E-state index in [4.69, 9.17) is 0 Å². The zero-order chi connectivity index (χ0) is 13.8. The highest BCUT2D eigenvalue weighted by Crippen LogP contribution is 2.13. The number of rotatable bonds is 5. The molecule has 0 saturated heterocycles. The van der Waals surface area contributed by atoms with E-state index in [1.165, 1.54) is 5.56 Å². The fourth-order valence-electron chi connectivity index (χ4n) is 2.22. The van der Waals surface area contributed by atoms with Crippen molar-refractivity contribution in [2.45, 2.75) is 19.9 Å². The molecule has 0 radical (unpaired) electrons. The van der Waals surface area contributed by atoms with Gasteiger partial charge in [0.05, 0.1) is 16.7 Å². The molecule has 3 aromatic rings. The van der Waals surface area contributed by atoms with E-state index in [-0.39, 0.29) is 0 Å². The van der Waals surface area contributed by atoms with Gasteiger partial charge in [-0.2, -0.15) is 0 Å². The third-order valence-corrected chi connectivity index (χ3v) is 3.26. The van der Waals surface area contributed by atoms with E-state index < -0.39 is 0 Å². The van der Waals surface area contributed by atoms with Crippen LogP contribution in [0.3, 0.4) is 0 Å². The van der Waals surface area contributed by atoms with Crippen LogP contribution in [0.4, 0.5) is 0 Å². The van der Waals surface area contributed by atoms with Crippen LogP contribution in [0.25, 0.3) is 11.0 Å². The molecule has 0 saturated carbocycles. The second-order valence-electron chi connectivity index (χ2n) is 4.95. The monoisotopic (exact) mass is 266 g/mol. The van der Waals surface area contributed by atoms with Crippen molar-refractivity contribution in [3.63, 3.8) is 0 Å². The van der Waals surface area contributed by atoms with E-state index in [0.29, 0.717) is 0 Å². The summed E-state index contributed by atoms with van der Waals surface area (Å²) in [7, 11) is 0. The maximum absolute atomic E-state index is 4.59. The van der Waals surface area contributed by atoms with Gasteiger partial charge in [0.1, 0.15) is 5.82 Å². The zero-order valence-corrected chi connectivity index (χ0v) is 11.6. The fraction of sp³-hybridized carbons (Fsp3) is 0.250. The molecule has 0 spiro atoms. The van der Waals surface area contributed by atoms with Gasteiger partial charge in [-0.15, -0.1) is 0 Å². The Bertz CT molecular complexity index is 688. The van der Waals surface area contributed by atoms with Crippen LogP contribution in [-0.4, -0.2) is 21.5 Å². The van der Waals surface area contributed by atoms with E-state index in [1.807, 2.05) is 24.4 Å². The van der Waals surface area contributed by atoms with E-state index in [1.54, 1.807) is 0 Å². The Balaban J connectivity index is 1.55. The number of hydrogen-bond donors (Lipinski definition) is 2. The number of benzene rings is 1. The van der Waals surface area contributed by atoms with Gasteiger partial charge in [0.2, 0.25) is 0 Å². The first kappa shape index (κ1) is 12.8. The summed E-state index contributed by atoms with van der Waals surface area (Å²) >= 11 is 0. The van der Waals surface area contributed by atoms with Crippen molar-refractivity contribution in [3.05, 3.63) is 59.7 Å². The van der Waals surface area contributed by atoms with Gasteiger partial charge in [0.15, 0.2) is 0 Å². The van der Waals surface area contributed by atoms with Crippen LogP contribution in [-0.2, 0) is 13.0 Å². The number of imidazole rings is 1. The minimum absolute atomic E-state index is 0.792. The normalized spacial score (nSPS) is 11.1. The molecule has 2 N–H and O–H groups in total. The van der Waals surface area contributed by atoms with Gasteiger partial charge in [0.25, 0.3) is 0 Å². The molecule has 0 aliphatic carbocycles. The Labute approximate surface area is 118 Å². The average Bonchev–Trinajstić information content (AvgIpc) is 2.86. The van der Waals surface area contributed by atoms with Crippen molar-refractivity contribution in [2.75, 3.05) is 6.54 Å². The Hall–Kier alpha value is -2.20. The molecule has 0 bridgehead atoms. The summed E-state index contributed by atoms with van der Waals surface area (Å²) in [5, 5.41) is 3.38. The molecular formula is C16H18N4. The predicted octanol–water partition coefficient (Wildman–Crippen LogP) is 2.60. The molecule has 0 aliphatic heterocycles. The quantitative estimate of drug-likeness (QED) is 0.698. The topological polar surface area (TPSA) is 53.6 Å². The van der Waals surface area contributed by atoms with E-state index in [0.717, 1.165) is 42.1 Å². The smallest absolute Gasteiger partial charge is 0.108 e. The molecule has 0 amide bonds. The second-order valence-corrected chi connectivity index (χ2v) is 4.95. The maximum atomic E-state index is 4.59. The summed E-state index contributed by atoms with van der Waals surface area (Å²) in [6.07, 6.45) is 2.71. The van der Waals surface area contributed by atoms with Crippen molar-refractivity contribution >= 4 is 11.0 Å². The summed E-state index contributed by atoms with van der Waals surface area (Å²) in [6, 6.07) is 12.2. The highest BCUT2D eigenvalue weighted by Gasteiger charge is 2.02. The standard InChI is InChI=1S/C16H18N4/c1-12-5-6-14-15(10-12)20-16(19-14)7-9-17-11-13-4-2-3-8-18-13/h2-6,8,10,17H,7,9,11H2,1H3,(H,19,20). The van der Waals surface area contributed by atoms with Crippen molar-refractivity contribution in [2.24, 2.45) is 0 Å². The molecule has 2 aromatic heterocycles. The lowest BCUT2D eigenvalue weighted by Gasteiger charge is -2.02. The lowest BCUT2D eigenvalue weighted by atomic mass is 10.2. The minimum atomic E-state index is 0.792. The van der Waals surface area contributed by atoms with Crippen LogP contribution in [0.15, 0.2) is 42.6 Å². The van der Waals surface area contributed by atoms with Crippen LogP contribution in [0.5, 0.6) is 0 Å². The molecule has 0 aliphatic rings. The molecule has 2 heterocycles. The lowest BCUT2D eigenvalue weighted by molar-refractivity contribution is 0.664. The Morgan fingerprint density at radius 1 is 1.20 bits per heavy atom. The van der Waals surface area contributed by atoms with Crippen molar-refractivity contribution in [3.8, 4) is 0 Å². The molecule has 0 unspecified atom stereocenters. The number of fused-ring (bicyclic) bond motifs is 1. The molecule has 4 nitrogen and oxygen atoms in total. The maximum Gasteiger partial charge on any atom is 0.108 e. The summed E-state index contributed by atoms with van der Waals surface area (Å²) in [5.41, 5.74) is 4.47. The third kappa shape index (κ3) is 3.03. The molecule has 4 heteroatoms. The molecular weight excluding hydrogens is 248 g/mol. The number of aromatic amines is 1. The predicted molar refractivity (Wildman–Crippen MR) is 80.5 cm³/mol. The number of aromatic nitrogens is 3. The number of pyridine rings is 1. The van der Waals surface area contributed by atoms with Crippen molar-refractivity contribution in [1.29, 1.82) is 0 Å². The van der Waals surface area contributed by atoms with Crippen LogP contribution >= 0.6 is 0 Å². The van der Waals surface area contributed by atoms with E-state index in [9.17, 15) is 0 Å². The highest BCUT2D eigenvalue weighted by atomic mass is 14.9. The average molecular weight is 266 g/mol. The largest absolute Gasteiger partial charge is 0.342 e. The molecule has 102 valence electrons. The van der Waals surface area contributed by atoms with Gasteiger partial charge in [-0.25, -0.2) is 4.98 Å². The van der Waals surface area contributed by atoms with Gasteiger partial charge < -0.3 is 10.3 Å². The molecule has 20 heavy (non-hydrogen) atoms. The van der Waals surface area contributed by atoms with Crippen LogP contribution in [0.1, 0.15) is 17.1 Å². The van der Waals surface area contributed by atoms with Crippen LogP contribution in [0.2, 0.25) is 0 Å². The SMILES string of the molecule is Cc1ccc2nc(CCNCc3ccccn3)[nH]c2c1. The third-order valence-electron chi connectivity index (χ3n) is 3.26. The molecule has 3 rings (SSSR count). The first-order valence-electron chi connectivity index (χ1n) is 6.87. The molecule has 0 fully saturated rings. The van der Waals surface area contributed by atoms with Crippen molar-refractivity contribution in [1.82, 2.24) is 20.3 Å². The van der Waals surface area contributed by atoms with E-state index >= 15 is 0 Å². The summed E-state index contributed by atoms with van der Waals surface area (Å²) in [4.78, 5) is 12.2. The molecule has 0 atom stereocenters. The lowest BCUT2D eigenvalue weighted by Crippen LogP contribution is -2.17. The Morgan fingerprint density at radius 2 is 2.15 bits per heavy atom. The first-order valence-corrected chi connectivity index (χ1v) is 6.87. The number of hydrogen-bond acceptors (Lipinski definition) is 3. The second kappa shape index (κ2) is 5.84. The van der Waals surface area contributed by atoms with Gasteiger partial charge in [-0.05, 0) is 36.8 Å². The summed E-state index contributed by atoms with van der Waals surface area (Å²) in [5.74, 6) is 1.03. The minimum Gasteiger partial charge on any atom is -0.342 e. The Kier molecular flexibility index (Phi) is 3.74. The molecule has 1 aromatic carbocycles. The number of aryl methyl sites for hydroxylation is 1. The van der Waals surface area contributed by atoms with Gasteiger partial charge in [-0.1, -0.05) is 12.1 Å². The number of nitrogens with one attached hydrogen (secondary N) is 2. The highest BCUT2D eigenvalue weighted by molar-refractivity contribution is 5.75. The number of H-pyrrole nitrogens is 1. The Morgan fingerprint density at radius 3 is 3.00 bits per heavy atom. The fourth-order valence-corrected chi connectivity index (χ4v) is 2.22. The summed E-state index contributed by atoms with van der Waals surface area (Å²) in [6.45, 7) is 3.77. The van der Waals surface area contributed by atoms with Gasteiger partial charge >= 0.3 is 0 Å². The summed E-state index contributed by atoms with van der Waals surface area (Å²) < 4.78 is 0. The number of nitrogens with zero attached hydrogens (tertiary/aromatic N) is 2. The van der Waals surface area contributed by atoms with E-state index in [2.05, 4.69) is 45.4 Å². The zero-order valence-electron chi connectivity index (χ0n) is 11.6. The van der Waals surface area contributed by atoms with Crippen LogP contribution in [0, 0.1) is 6.92 Å². The first-order chi connectivity index (χ1) is 9.81.